The third kappa shape index (κ3) is 2.94. The van der Waals surface area contributed by atoms with E-state index in [2.05, 4.69) is 4.98 Å². The first-order valence-electron chi connectivity index (χ1n) is 8.71. The maximum atomic E-state index is 12.8. The summed E-state index contributed by atoms with van der Waals surface area (Å²) in [5.41, 5.74) is 3.43. The van der Waals surface area contributed by atoms with Crippen molar-refractivity contribution >= 4 is 22.8 Å². The Morgan fingerprint density at radius 2 is 1.62 bits per heavy atom. The van der Waals surface area contributed by atoms with Crippen molar-refractivity contribution in [2.24, 2.45) is 0 Å². The van der Waals surface area contributed by atoms with Gasteiger partial charge in [-0.2, -0.15) is 0 Å². The van der Waals surface area contributed by atoms with E-state index in [0.717, 1.165) is 16.7 Å². The van der Waals surface area contributed by atoms with Crippen molar-refractivity contribution in [3.05, 3.63) is 60.4 Å². The second kappa shape index (κ2) is 6.63. The second-order valence-corrected chi connectivity index (χ2v) is 6.45. The van der Waals surface area contributed by atoms with Crippen LogP contribution in [-0.4, -0.2) is 57.3 Å². The topological polar surface area (TPSA) is 58.4 Å². The molecule has 1 aromatic heterocycles. The van der Waals surface area contributed by atoms with Gasteiger partial charge < -0.3 is 9.80 Å². The van der Waals surface area contributed by atoms with Crippen LogP contribution >= 0.6 is 0 Å². The zero-order valence-electron chi connectivity index (χ0n) is 14.6. The number of fused-ring (bicyclic) bond motifs is 1. The predicted molar refractivity (Wildman–Crippen MR) is 99.2 cm³/mol. The van der Waals surface area contributed by atoms with Crippen LogP contribution in [0.5, 0.6) is 0 Å². The fourth-order valence-electron chi connectivity index (χ4n) is 3.35. The number of para-hydroxylation sites is 1. The maximum Gasteiger partial charge on any atom is 0.254 e. The van der Waals surface area contributed by atoms with Gasteiger partial charge in [-0.1, -0.05) is 18.2 Å². The molecular formula is C20H20N4O2. The maximum absolute atomic E-state index is 12.8. The molecule has 6 nitrogen and oxygen atoms in total. The number of hydrogen-bond acceptors (Lipinski definition) is 3. The summed E-state index contributed by atoms with van der Waals surface area (Å²) in [7, 11) is 0. The molecule has 132 valence electrons. The summed E-state index contributed by atoms with van der Waals surface area (Å²) in [4.78, 5) is 32.2. The van der Waals surface area contributed by atoms with Crippen LogP contribution in [0.2, 0.25) is 0 Å². The number of hydrogen-bond donors (Lipinski definition) is 0. The Bertz CT molecular complexity index is 956. The highest BCUT2D eigenvalue weighted by Crippen LogP contribution is 2.20. The highest BCUT2D eigenvalue weighted by molar-refractivity contribution is 5.97. The Labute approximate surface area is 151 Å². The number of carbonyl (C=O) groups is 2. The van der Waals surface area contributed by atoms with Gasteiger partial charge in [-0.05, 0) is 30.3 Å². The van der Waals surface area contributed by atoms with Crippen molar-refractivity contribution in [3.8, 4) is 5.69 Å². The fourth-order valence-corrected chi connectivity index (χ4v) is 3.35. The first-order valence-corrected chi connectivity index (χ1v) is 8.71. The molecule has 0 unspecified atom stereocenters. The van der Waals surface area contributed by atoms with Crippen LogP contribution in [0.25, 0.3) is 16.7 Å². The van der Waals surface area contributed by atoms with E-state index in [1.807, 2.05) is 53.1 Å². The molecule has 0 saturated carbocycles. The number of benzene rings is 2. The molecule has 0 spiro atoms. The van der Waals surface area contributed by atoms with E-state index in [0.29, 0.717) is 31.7 Å². The number of piperazine rings is 1. The average Bonchev–Trinajstić information content (AvgIpc) is 3.11. The molecule has 0 atom stereocenters. The summed E-state index contributed by atoms with van der Waals surface area (Å²) in [5.74, 6) is 0.0503. The van der Waals surface area contributed by atoms with E-state index >= 15 is 0 Å². The highest BCUT2D eigenvalue weighted by Gasteiger charge is 2.23. The van der Waals surface area contributed by atoms with E-state index in [1.165, 1.54) is 0 Å². The third-order valence-electron chi connectivity index (χ3n) is 4.84. The SMILES string of the molecule is CC(=O)N1CCN(C(=O)c2ccc3c(c2)ncn3-c2ccccc2)CC1. The summed E-state index contributed by atoms with van der Waals surface area (Å²) >= 11 is 0. The zero-order chi connectivity index (χ0) is 18.1. The van der Waals surface area contributed by atoms with E-state index in [-0.39, 0.29) is 11.8 Å². The second-order valence-electron chi connectivity index (χ2n) is 6.45. The Balaban J connectivity index is 1.57. The van der Waals surface area contributed by atoms with Crippen LogP contribution < -0.4 is 0 Å². The molecular weight excluding hydrogens is 328 g/mol. The standard InChI is InChI=1S/C20H20N4O2/c1-15(25)22-9-11-23(12-10-22)20(26)16-7-8-19-18(13-16)21-14-24(19)17-5-3-2-4-6-17/h2-8,13-14H,9-12H2,1H3. The molecule has 1 aliphatic heterocycles. The van der Waals surface area contributed by atoms with Gasteiger partial charge in [0.05, 0.1) is 11.0 Å². The molecule has 0 radical (unpaired) electrons. The van der Waals surface area contributed by atoms with Crippen LogP contribution in [0.15, 0.2) is 54.9 Å². The Morgan fingerprint density at radius 1 is 0.923 bits per heavy atom. The summed E-state index contributed by atoms with van der Waals surface area (Å²) in [6, 6.07) is 15.6. The smallest absolute Gasteiger partial charge is 0.254 e. The summed E-state index contributed by atoms with van der Waals surface area (Å²) < 4.78 is 2.01. The number of nitrogens with zero attached hydrogens (tertiary/aromatic N) is 4. The quantitative estimate of drug-likeness (QED) is 0.714. The van der Waals surface area contributed by atoms with Gasteiger partial charge in [-0.3, -0.25) is 14.2 Å². The molecule has 1 aliphatic rings. The van der Waals surface area contributed by atoms with Crippen LogP contribution in [0.4, 0.5) is 0 Å². The van der Waals surface area contributed by atoms with Gasteiger partial charge in [0.25, 0.3) is 5.91 Å². The van der Waals surface area contributed by atoms with Crippen molar-refractivity contribution in [1.29, 1.82) is 0 Å². The Hall–Kier alpha value is -3.15. The molecule has 26 heavy (non-hydrogen) atoms. The summed E-state index contributed by atoms with van der Waals surface area (Å²) in [6.07, 6.45) is 1.78. The van der Waals surface area contributed by atoms with Crippen molar-refractivity contribution in [3.63, 3.8) is 0 Å². The average molecular weight is 348 g/mol. The van der Waals surface area contributed by atoms with Crippen molar-refractivity contribution < 1.29 is 9.59 Å². The first kappa shape index (κ1) is 16.3. The molecule has 1 fully saturated rings. The monoisotopic (exact) mass is 348 g/mol. The van der Waals surface area contributed by atoms with Gasteiger partial charge in [-0.15, -0.1) is 0 Å². The normalized spacial score (nSPS) is 14.7. The zero-order valence-corrected chi connectivity index (χ0v) is 14.6. The van der Waals surface area contributed by atoms with Gasteiger partial charge in [0.2, 0.25) is 5.91 Å². The van der Waals surface area contributed by atoms with E-state index < -0.39 is 0 Å². The van der Waals surface area contributed by atoms with Gasteiger partial charge >= 0.3 is 0 Å². The Morgan fingerprint density at radius 3 is 2.31 bits per heavy atom. The number of aromatic nitrogens is 2. The molecule has 0 N–H and O–H groups in total. The molecule has 2 aromatic carbocycles. The lowest BCUT2D eigenvalue weighted by molar-refractivity contribution is -0.130. The molecule has 4 rings (SSSR count). The Kier molecular flexibility index (Phi) is 4.16. The highest BCUT2D eigenvalue weighted by atomic mass is 16.2. The number of imidazole rings is 1. The van der Waals surface area contributed by atoms with Crippen molar-refractivity contribution in [2.45, 2.75) is 6.92 Å². The van der Waals surface area contributed by atoms with E-state index in [9.17, 15) is 9.59 Å². The van der Waals surface area contributed by atoms with Gasteiger partial charge in [0.1, 0.15) is 6.33 Å². The number of amides is 2. The minimum absolute atomic E-state index is 0.00985. The van der Waals surface area contributed by atoms with Crippen LogP contribution in [0, 0.1) is 0 Å². The minimum atomic E-state index is -0.00985. The van der Waals surface area contributed by atoms with Gasteiger partial charge in [0, 0.05) is 44.4 Å². The number of rotatable bonds is 2. The van der Waals surface area contributed by atoms with Crippen LogP contribution in [0.1, 0.15) is 17.3 Å². The van der Waals surface area contributed by atoms with Crippen molar-refractivity contribution in [1.82, 2.24) is 19.4 Å². The van der Waals surface area contributed by atoms with Crippen molar-refractivity contribution in [2.75, 3.05) is 26.2 Å². The molecule has 2 heterocycles. The van der Waals surface area contributed by atoms with Crippen LogP contribution in [-0.2, 0) is 4.79 Å². The van der Waals surface area contributed by atoms with Gasteiger partial charge in [-0.25, -0.2) is 4.98 Å². The minimum Gasteiger partial charge on any atom is -0.339 e. The fraction of sp³-hybridized carbons (Fsp3) is 0.250. The molecule has 1 saturated heterocycles. The molecule has 3 aromatic rings. The summed E-state index contributed by atoms with van der Waals surface area (Å²) in [6.45, 7) is 3.87. The first-order chi connectivity index (χ1) is 12.6. The lowest BCUT2D eigenvalue weighted by Gasteiger charge is -2.34. The largest absolute Gasteiger partial charge is 0.339 e. The lowest BCUT2D eigenvalue weighted by atomic mass is 10.1. The molecule has 0 aliphatic carbocycles. The third-order valence-corrected chi connectivity index (χ3v) is 4.84. The van der Waals surface area contributed by atoms with E-state index in [1.54, 1.807) is 23.1 Å². The predicted octanol–water partition coefficient (Wildman–Crippen LogP) is 2.33. The molecule has 2 amide bonds. The summed E-state index contributed by atoms with van der Waals surface area (Å²) in [5, 5.41) is 0. The lowest BCUT2D eigenvalue weighted by Crippen LogP contribution is -2.50. The van der Waals surface area contributed by atoms with Gasteiger partial charge in [0.15, 0.2) is 0 Å². The molecule has 0 bridgehead atoms. The molecule has 6 heteroatoms. The van der Waals surface area contributed by atoms with E-state index in [4.69, 9.17) is 0 Å². The van der Waals surface area contributed by atoms with Crippen LogP contribution in [0.3, 0.4) is 0 Å². The number of carbonyl (C=O) groups excluding carboxylic acids is 2.